The van der Waals surface area contributed by atoms with E-state index in [-0.39, 0.29) is 6.10 Å². The third-order valence-electron chi connectivity index (χ3n) is 16.7. The van der Waals surface area contributed by atoms with Gasteiger partial charge in [-0.1, -0.05) is 82.6 Å². The molecule has 8 saturated heterocycles. The van der Waals surface area contributed by atoms with Gasteiger partial charge in [0.25, 0.3) is 0 Å². The van der Waals surface area contributed by atoms with Crippen LogP contribution in [-0.2, 0) is 0 Å². The smallest absolute Gasteiger partial charge is 0.0679 e. The summed E-state index contributed by atoms with van der Waals surface area (Å²) < 4.78 is 0. The number of hydrogen-bond acceptors (Lipinski definition) is 11. The van der Waals surface area contributed by atoms with Gasteiger partial charge < -0.3 is 54.1 Å². The molecule has 0 aliphatic carbocycles. The minimum absolute atomic E-state index is 0.0463. The van der Waals surface area contributed by atoms with E-state index >= 15 is 0 Å². The molecule has 8 heterocycles. The van der Waals surface area contributed by atoms with Crippen LogP contribution in [0.25, 0.3) is 0 Å². The molecule has 0 bridgehead atoms. The van der Waals surface area contributed by atoms with Gasteiger partial charge in [-0.05, 0) is 240 Å². The molecular weight excluding hydrogens is 853 g/mol. The molecule has 0 saturated carbocycles. The molecule has 8 aliphatic rings. The van der Waals surface area contributed by atoms with E-state index in [9.17, 15) is 0 Å². The van der Waals surface area contributed by atoms with Gasteiger partial charge in [-0.3, -0.25) is 0 Å². The molecular formula is C58H126N10O. The topological polar surface area (TPSA) is 52.6 Å². The molecule has 2 unspecified atom stereocenters. The first-order chi connectivity index (χ1) is 33.2. The third kappa shape index (κ3) is 33.9. The Kier molecular flexibility index (Phi) is 41.4. The molecule has 11 heteroatoms. The van der Waals surface area contributed by atoms with Crippen LogP contribution in [0.4, 0.5) is 0 Å². The highest BCUT2D eigenvalue weighted by atomic mass is 16.3. The number of aliphatic hydroxyl groups is 1. The Morgan fingerprint density at radius 2 is 0.609 bits per heavy atom. The average molecular weight is 980 g/mol. The van der Waals surface area contributed by atoms with E-state index in [0.717, 1.165) is 49.9 Å². The number of likely N-dealkylation sites (N-methyl/N-ethyl adjacent to an activating group) is 5. The zero-order chi connectivity index (χ0) is 51.2. The minimum Gasteiger partial charge on any atom is -0.392 e. The van der Waals surface area contributed by atoms with Crippen LogP contribution >= 0.6 is 0 Å². The molecule has 0 radical (unpaired) electrons. The minimum atomic E-state index is -0.0463. The first-order valence-corrected chi connectivity index (χ1v) is 30.1. The first-order valence-electron chi connectivity index (χ1n) is 30.1. The summed E-state index contributed by atoms with van der Waals surface area (Å²) in [6, 6.07) is 0.806. The van der Waals surface area contributed by atoms with Gasteiger partial charge in [-0.15, -0.1) is 0 Å². The maximum Gasteiger partial charge on any atom is 0.0679 e. The summed E-state index contributed by atoms with van der Waals surface area (Å²) in [7, 11) is 6.53. The van der Waals surface area contributed by atoms with Crippen LogP contribution in [0.5, 0.6) is 0 Å². The van der Waals surface area contributed by atoms with E-state index in [1.54, 1.807) is 0 Å². The molecule has 0 aromatic heterocycles. The predicted octanol–water partition coefficient (Wildman–Crippen LogP) is 8.78. The largest absolute Gasteiger partial charge is 0.392 e. The van der Waals surface area contributed by atoms with E-state index < -0.39 is 0 Å². The highest BCUT2D eigenvalue weighted by molar-refractivity contribution is 4.79. The Hall–Kier alpha value is -0.440. The normalized spacial score (nSPS) is 25.7. The Morgan fingerprint density at radius 3 is 0.855 bits per heavy atom. The molecule has 0 aromatic rings. The van der Waals surface area contributed by atoms with Gasteiger partial charge in [0.15, 0.2) is 0 Å². The second kappa shape index (κ2) is 42.9. The highest BCUT2D eigenvalue weighted by Crippen LogP contribution is 2.17. The van der Waals surface area contributed by atoms with Crippen molar-refractivity contribution >= 4 is 0 Å². The zero-order valence-corrected chi connectivity index (χ0v) is 49.4. The van der Waals surface area contributed by atoms with E-state index in [4.69, 9.17) is 5.11 Å². The van der Waals surface area contributed by atoms with Crippen molar-refractivity contribution < 1.29 is 5.11 Å². The summed E-state index contributed by atoms with van der Waals surface area (Å²) in [5.74, 6) is 2.94. The maximum absolute atomic E-state index is 8.99. The van der Waals surface area contributed by atoms with Crippen LogP contribution in [-0.4, -0.2) is 258 Å². The van der Waals surface area contributed by atoms with E-state index in [2.05, 4.69) is 146 Å². The average Bonchev–Trinajstić information content (AvgIpc) is 4.20. The summed E-state index contributed by atoms with van der Waals surface area (Å²) in [6.45, 7) is 57.5. The number of nitrogens with zero attached hydrogens (tertiary/aromatic N) is 10. The number of piperazine rings is 1. The van der Waals surface area contributed by atoms with Crippen LogP contribution in [0.2, 0.25) is 0 Å². The van der Waals surface area contributed by atoms with Crippen LogP contribution in [0, 0.1) is 17.8 Å². The van der Waals surface area contributed by atoms with Crippen molar-refractivity contribution in [1.29, 1.82) is 0 Å². The Balaban J connectivity index is 0.000000395. The van der Waals surface area contributed by atoms with Crippen molar-refractivity contribution in [1.82, 2.24) is 49.0 Å². The molecule has 2 atom stereocenters. The van der Waals surface area contributed by atoms with Crippen molar-refractivity contribution in [3.63, 3.8) is 0 Å². The SMILES string of the molecule is CCN1CCC(C)CC1.CCN1CCC(C)CC1.CCN1CCC(C)CC1.CCN1CCC(N(C)C)C1.CCN1CCC(O)C1.CCN1CCCC1.CCN1CCCCC1.CCN1CCN(C)CC1. The van der Waals surface area contributed by atoms with Gasteiger partial charge in [-0.25, -0.2) is 0 Å². The number of β-amino-alcohol motifs (C(OH)–C–C–N with tert-alkyl or cyclic N) is 1. The van der Waals surface area contributed by atoms with Gasteiger partial charge in [0.2, 0.25) is 0 Å². The zero-order valence-electron chi connectivity index (χ0n) is 49.4. The van der Waals surface area contributed by atoms with Crippen LogP contribution in [0.3, 0.4) is 0 Å². The van der Waals surface area contributed by atoms with Crippen molar-refractivity contribution in [2.75, 3.05) is 191 Å². The molecule has 8 rings (SSSR count). The number of likely N-dealkylation sites (tertiary alicyclic amines) is 7. The van der Waals surface area contributed by atoms with Crippen molar-refractivity contribution in [3.8, 4) is 0 Å². The lowest BCUT2D eigenvalue weighted by molar-refractivity contribution is 0.160. The fraction of sp³-hybridized carbons (Fsp3) is 1.00. The number of aliphatic hydroxyl groups excluding tert-OH is 1. The van der Waals surface area contributed by atoms with Gasteiger partial charge in [0.1, 0.15) is 0 Å². The highest BCUT2D eigenvalue weighted by Gasteiger charge is 2.22. The monoisotopic (exact) mass is 979 g/mol. The number of rotatable bonds is 9. The molecule has 414 valence electrons. The lowest BCUT2D eigenvalue weighted by atomic mass is 9.99. The summed E-state index contributed by atoms with van der Waals surface area (Å²) in [5.41, 5.74) is 0. The molecule has 8 fully saturated rings. The van der Waals surface area contributed by atoms with Gasteiger partial charge in [0, 0.05) is 51.9 Å². The maximum atomic E-state index is 8.99. The fourth-order valence-corrected chi connectivity index (χ4v) is 10.3. The Bertz CT molecular complexity index is 984. The molecule has 1 N–H and O–H groups in total. The van der Waals surface area contributed by atoms with Crippen LogP contribution in [0.1, 0.15) is 160 Å². The standard InChI is InChI=1S/C8H18N2.3C8H17N.C7H16N2.C7H15N.C6H13NO.C6H13N/c1-4-10-6-5-8(7-10)9(2)3;4*1-3-9-6-4-8(2)5-7-9;1-2-8-6-4-3-5-7-8;1-2-7-4-3-6(8)5-7;1-2-7-5-3-4-6-7/h8H,4-7H2,1-3H3;3*8H,3-7H2,1-2H3;3-7H2,1-2H3;2-7H2,1H3;6,8H,2-5H2,1H3;2-6H2,1H3. The van der Waals surface area contributed by atoms with Gasteiger partial charge in [0.05, 0.1) is 6.10 Å². The molecule has 69 heavy (non-hydrogen) atoms. The molecule has 0 amide bonds. The van der Waals surface area contributed by atoms with Crippen LogP contribution < -0.4 is 0 Å². The lowest BCUT2D eigenvalue weighted by Gasteiger charge is -2.31. The molecule has 8 aliphatic heterocycles. The number of piperidine rings is 4. The predicted molar refractivity (Wildman–Crippen MR) is 305 cm³/mol. The molecule has 0 spiro atoms. The summed E-state index contributed by atoms with van der Waals surface area (Å²) in [5, 5.41) is 8.99. The fourth-order valence-electron chi connectivity index (χ4n) is 10.3. The third-order valence-corrected chi connectivity index (χ3v) is 16.7. The second-order valence-electron chi connectivity index (χ2n) is 22.4. The van der Waals surface area contributed by atoms with Crippen LogP contribution in [0.15, 0.2) is 0 Å². The summed E-state index contributed by atoms with van der Waals surface area (Å²) in [6.07, 6.45) is 17.9. The first kappa shape index (κ1) is 66.6. The Morgan fingerprint density at radius 1 is 0.333 bits per heavy atom. The van der Waals surface area contributed by atoms with Gasteiger partial charge >= 0.3 is 0 Å². The number of hydrogen-bond donors (Lipinski definition) is 1. The molecule has 0 aromatic carbocycles. The quantitative estimate of drug-likeness (QED) is 0.242. The lowest BCUT2D eigenvalue weighted by Crippen LogP contribution is -2.44. The van der Waals surface area contributed by atoms with Crippen molar-refractivity contribution in [2.45, 2.75) is 172 Å². The van der Waals surface area contributed by atoms with Crippen molar-refractivity contribution in [2.24, 2.45) is 17.8 Å². The van der Waals surface area contributed by atoms with E-state index in [0.29, 0.717) is 0 Å². The summed E-state index contributed by atoms with van der Waals surface area (Å²) in [4.78, 5) is 24.5. The van der Waals surface area contributed by atoms with E-state index in [1.807, 2.05) is 0 Å². The van der Waals surface area contributed by atoms with E-state index in [1.165, 1.54) is 228 Å². The summed E-state index contributed by atoms with van der Waals surface area (Å²) >= 11 is 0. The second-order valence-corrected chi connectivity index (χ2v) is 22.4. The van der Waals surface area contributed by atoms with Gasteiger partial charge in [-0.2, -0.15) is 0 Å². The Labute approximate surface area is 433 Å². The van der Waals surface area contributed by atoms with Crippen molar-refractivity contribution in [3.05, 3.63) is 0 Å². The molecule has 11 nitrogen and oxygen atoms in total.